The number of nitrogens with one attached hydrogen (secondary N) is 1. The minimum atomic E-state index is -4.82. The van der Waals surface area contributed by atoms with E-state index in [9.17, 15) is 34.8 Å². The highest BCUT2D eigenvalue weighted by molar-refractivity contribution is 7.92. The predicted molar refractivity (Wildman–Crippen MR) is 136 cm³/mol. The topological polar surface area (TPSA) is 113 Å². The molecule has 2 aromatic rings. The molecular formula is C23H27ClF3N3O6S2. The Labute approximate surface area is 224 Å². The predicted octanol–water partition coefficient (Wildman–Crippen LogP) is 3.49. The van der Waals surface area contributed by atoms with Crippen molar-refractivity contribution in [3.63, 3.8) is 0 Å². The largest absolute Gasteiger partial charge is 0.492 e. The van der Waals surface area contributed by atoms with Crippen LogP contribution in [0.4, 0.5) is 18.9 Å². The van der Waals surface area contributed by atoms with E-state index in [2.05, 4.69) is 5.32 Å². The van der Waals surface area contributed by atoms with Gasteiger partial charge in [0.05, 0.1) is 34.0 Å². The van der Waals surface area contributed by atoms with Crippen LogP contribution in [0.15, 0.2) is 47.4 Å². The first-order valence-electron chi connectivity index (χ1n) is 11.5. The van der Waals surface area contributed by atoms with Crippen LogP contribution in [0, 0.1) is 0 Å². The fraction of sp³-hybridized carbons (Fsp3) is 0.435. The van der Waals surface area contributed by atoms with Crippen LogP contribution in [-0.2, 0) is 31.0 Å². The van der Waals surface area contributed by atoms with Crippen molar-refractivity contribution in [2.24, 2.45) is 0 Å². The van der Waals surface area contributed by atoms with E-state index in [-0.39, 0.29) is 23.7 Å². The summed E-state index contributed by atoms with van der Waals surface area (Å²) in [5.41, 5.74) is -1.60. The Hall–Kier alpha value is -2.55. The van der Waals surface area contributed by atoms with Gasteiger partial charge in [-0.3, -0.25) is 9.10 Å². The number of amides is 1. The van der Waals surface area contributed by atoms with E-state index in [1.54, 1.807) is 0 Å². The minimum Gasteiger partial charge on any atom is -0.492 e. The summed E-state index contributed by atoms with van der Waals surface area (Å²) in [7, 11) is -7.72. The molecule has 1 saturated heterocycles. The van der Waals surface area contributed by atoms with E-state index in [1.807, 2.05) is 0 Å². The molecule has 9 nitrogen and oxygen atoms in total. The van der Waals surface area contributed by atoms with Crippen molar-refractivity contribution in [3.8, 4) is 5.75 Å². The monoisotopic (exact) mass is 597 g/mol. The molecule has 0 aliphatic carbocycles. The van der Waals surface area contributed by atoms with Gasteiger partial charge in [-0.1, -0.05) is 11.6 Å². The number of ether oxygens (including phenoxy) is 1. The second kappa shape index (κ2) is 11.7. The maximum absolute atomic E-state index is 13.3. The summed E-state index contributed by atoms with van der Waals surface area (Å²) in [6.45, 7) is 2.12. The van der Waals surface area contributed by atoms with Crippen LogP contribution >= 0.6 is 11.6 Å². The number of benzene rings is 2. The van der Waals surface area contributed by atoms with E-state index in [0.29, 0.717) is 29.2 Å². The summed E-state index contributed by atoms with van der Waals surface area (Å²) in [6.07, 6.45) is -2.41. The van der Waals surface area contributed by atoms with Crippen molar-refractivity contribution >= 4 is 43.2 Å². The van der Waals surface area contributed by atoms with Crippen molar-refractivity contribution < 1.29 is 39.5 Å². The maximum atomic E-state index is 13.3. The highest BCUT2D eigenvalue weighted by atomic mass is 35.5. The normalized spacial score (nSPS) is 15.7. The van der Waals surface area contributed by atoms with Gasteiger partial charge in [0.1, 0.15) is 18.4 Å². The first-order valence-corrected chi connectivity index (χ1v) is 15.2. The molecule has 1 fully saturated rings. The molecule has 0 aromatic heterocycles. The number of hydrogen-bond acceptors (Lipinski definition) is 6. The number of halogens is 4. The highest BCUT2D eigenvalue weighted by Crippen LogP contribution is 2.37. The lowest BCUT2D eigenvalue weighted by molar-refractivity contribution is -0.137. The Morgan fingerprint density at radius 2 is 1.71 bits per heavy atom. The molecule has 1 N–H and O–H groups in total. The molecule has 1 amide bonds. The third-order valence-electron chi connectivity index (χ3n) is 5.79. The molecule has 1 unspecified atom stereocenters. The van der Waals surface area contributed by atoms with Crippen LogP contribution in [0.3, 0.4) is 0 Å². The molecule has 0 bridgehead atoms. The van der Waals surface area contributed by atoms with E-state index in [4.69, 9.17) is 16.3 Å². The molecule has 1 heterocycles. The zero-order valence-electron chi connectivity index (χ0n) is 20.5. The van der Waals surface area contributed by atoms with Crippen LogP contribution in [-0.4, -0.2) is 65.6 Å². The van der Waals surface area contributed by atoms with Crippen molar-refractivity contribution in [2.75, 3.05) is 36.8 Å². The average Bonchev–Trinajstić information content (AvgIpc) is 3.37. The second-order valence-electron chi connectivity index (χ2n) is 8.62. The number of carbonyl (C=O) groups excluding carboxylic acids is 1. The summed E-state index contributed by atoms with van der Waals surface area (Å²) in [5.74, 6) is -0.416. The van der Waals surface area contributed by atoms with Gasteiger partial charge in [0, 0.05) is 13.1 Å². The number of nitrogens with zero attached hydrogens (tertiary/aromatic N) is 2. The summed E-state index contributed by atoms with van der Waals surface area (Å²) < 4.78 is 97.3. The summed E-state index contributed by atoms with van der Waals surface area (Å²) in [6, 6.07) is 7.00. The zero-order valence-corrected chi connectivity index (χ0v) is 22.9. The zero-order chi connectivity index (χ0) is 28.3. The first-order chi connectivity index (χ1) is 17.6. The van der Waals surface area contributed by atoms with Crippen molar-refractivity contribution in [1.29, 1.82) is 0 Å². The standard InChI is InChI=1S/C23H27ClF3N3O6S2/c1-16(30(37(2,32)33)17-5-10-21(24)20(15-17)23(25,26)27)22(31)28-11-14-36-18-6-8-19(9-7-18)38(34,35)29-12-3-4-13-29/h5-10,15-16H,3-4,11-14H2,1-2H3,(H,28,31). The molecule has 38 heavy (non-hydrogen) atoms. The van der Waals surface area contributed by atoms with Gasteiger partial charge >= 0.3 is 6.18 Å². The number of anilines is 1. The molecule has 1 aliphatic heterocycles. The average molecular weight is 598 g/mol. The van der Waals surface area contributed by atoms with Gasteiger partial charge in [-0.25, -0.2) is 16.8 Å². The Bertz CT molecular complexity index is 1360. The molecule has 0 saturated carbocycles. The lowest BCUT2D eigenvalue weighted by atomic mass is 10.1. The van der Waals surface area contributed by atoms with Crippen LogP contribution in [0.5, 0.6) is 5.75 Å². The van der Waals surface area contributed by atoms with Crippen LogP contribution in [0.2, 0.25) is 5.02 Å². The van der Waals surface area contributed by atoms with E-state index in [0.717, 1.165) is 31.2 Å². The molecule has 2 aromatic carbocycles. The van der Waals surface area contributed by atoms with Crippen LogP contribution in [0.1, 0.15) is 25.3 Å². The highest BCUT2D eigenvalue weighted by Gasteiger charge is 2.36. The van der Waals surface area contributed by atoms with Gasteiger partial charge < -0.3 is 10.1 Å². The van der Waals surface area contributed by atoms with Gasteiger partial charge in [0.25, 0.3) is 0 Å². The molecule has 1 aliphatic rings. The van der Waals surface area contributed by atoms with Crippen molar-refractivity contribution in [2.45, 2.75) is 36.9 Å². The van der Waals surface area contributed by atoms with Gasteiger partial charge in [-0.05, 0) is 62.2 Å². The van der Waals surface area contributed by atoms with E-state index in [1.165, 1.54) is 35.5 Å². The fourth-order valence-electron chi connectivity index (χ4n) is 3.95. The van der Waals surface area contributed by atoms with Crippen LogP contribution in [0.25, 0.3) is 0 Å². The molecule has 15 heteroatoms. The minimum absolute atomic E-state index is 0.0330. The van der Waals surface area contributed by atoms with Crippen molar-refractivity contribution in [1.82, 2.24) is 9.62 Å². The first kappa shape index (κ1) is 30.0. The molecule has 0 radical (unpaired) electrons. The van der Waals surface area contributed by atoms with Crippen molar-refractivity contribution in [3.05, 3.63) is 53.1 Å². The number of alkyl halides is 3. The van der Waals surface area contributed by atoms with Gasteiger partial charge in [-0.2, -0.15) is 17.5 Å². The van der Waals surface area contributed by atoms with Gasteiger partial charge in [0.2, 0.25) is 26.0 Å². The fourth-order valence-corrected chi connectivity index (χ4v) is 6.86. The Balaban J connectivity index is 1.61. The number of hydrogen-bond donors (Lipinski definition) is 1. The second-order valence-corrected chi connectivity index (χ2v) is 12.8. The Kier molecular flexibility index (Phi) is 9.22. The lowest BCUT2D eigenvalue weighted by Crippen LogP contribution is -2.48. The summed E-state index contributed by atoms with van der Waals surface area (Å²) in [4.78, 5) is 12.8. The quantitative estimate of drug-likeness (QED) is 0.420. The summed E-state index contributed by atoms with van der Waals surface area (Å²) in [5, 5.41) is 1.88. The van der Waals surface area contributed by atoms with Crippen LogP contribution < -0.4 is 14.4 Å². The van der Waals surface area contributed by atoms with E-state index >= 15 is 0 Å². The summed E-state index contributed by atoms with van der Waals surface area (Å²) >= 11 is 5.62. The maximum Gasteiger partial charge on any atom is 0.417 e. The molecule has 3 rings (SSSR count). The Morgan fingerprint density at radius 3 is 2.26 bits per heavy atom. The third-order valence-corrected chi connectivity index (χ3v) is 9.28. The molecule has 1 atom stereocenters. The Morgan fingerprint density at radius 1 is 1.11 bits per heavy atom. The van der Waals surface area contributed by atoms with E-state index < -0.39 is 48.8 Å². The van der Waals surface area contributed by atoms with Gasteiger partial charge in [0.15, 0.2) is 0 Å². The molecule has 0 spiro atoms. The number of rotatable bonds is 10. The molecular weight excluding hydrogens is 571 g/mol. The third kappa shape index (κ3) is 7.10. The molecule has 210 valence electrons. The smallest absolute Gasteiger partial charge is 0.417 e. The lowest BCUT2D eigenvalue weighted by Gasteiger charge is -2.29. The SMILES string of the molecule is CC(C(=O)NCCOc1ccc(S(=O)(=O)N2CCCC2)cc1)N(c1ccc(Cl)c(C(F)(F)F)c1)S(C)(=O)=O. The number of carbonyl (C=O) groups is 1. The number of sulfonamides is 2. The van der Waals surface area contributed by atoms with Gasteiger partial charge in [-0.15, -0.1) is 0 Å².